The summed E-state index contributed by atoms with van der Waals surface area (Å²) in [5.74, 6) is 0.469. The van der Waals surface area contributed by atoms with E-state index >= 15 is 0 Å². The number of carbonyl (C=O) groups excluding carboxylic acids is 1. The first-order chi connectivity index (χ1) is 10.3. The number of unbranched alkanes of at least 4 members (excludes halogenated alkanes) is 2. The molecule has 0 bridgehead atoms. The Morgan fingerprint density at radius 1 is 1.23 bits per heavy atom. The molecule has 1 fully saturated rings. The lowest BCUT2D eigenvalue weighted by Gasteiger charge is -2.27. The number of benzene rings is 1. The lowest BCUT2D eigenvalue weighted by Crippen LogP contribution is -2.42. The number of nitrogens with one attached hydrogen (secondary N) is 2. The summed E-state index contributed by atoms with van der Waals surface area (Å²) in [6.45, 7) is 3.95. The maximum Gasteiger partial charge on any atom is 0.223 e. The van der Waals surface area contributed by atoms with E-state index in [-0.39, 0.29) is 24.2 Å². The Balaban J connectivity index is 0.00000242. The molecule has 0 aliphatic carbocycles. The molecule has 0 spiro atoms. The standard InChI is InChI=1S/C18H28N2O.ClH/c1-15-14-17(11-13-19-15)18(21)20-12-7-3-6-10-16-8-4-2-5-9-16;/h2,4-5,8-9,15,17,19H,3,6-7,10-14H2,1H3,(H,20,21);1H/t15-,17-;/m0./s1. The first-order valence-corrected chi connectivity index (χ1v) is 8.30. The van der Waals surface area contributed by atoms with Crippen LogP contribution in [0.2, 0.25) is 0 Å². The zero-order chi connectivity index (χ0) is 14.9. The van der Waals surface area contributed by atoms with Crippen molar-refractivity contribution in [3.05, 3.63) is 35.9 Å². The second-order valence-corrected chi connectivity index (χ2v) is 6.16. The Kier molecular flexibility index (Phi) is 9.17. The van der Waals surface area contributed by atoms with Gasteiger partial charge in [-0.05, 0) is 51.1 Å². The van der Waals surface area contributed by atoms with Gasteiger partial charge in [0.15, 0.2) is 0 Å². The molecule has 2 atom stereocenters. The summed E-state index contributed by atoms with van der Waals surface area (Å²) in [6.07, 6.45) is 6.55. The van der Waals surface area contributed by atoms with Gasteiger partial charge in [0.25, 0.3) is 0 Å². The van der Waals surface area contributed by atoms with E-state index in [0.29, 0.717) is 6.04 Å². The predicted octanol–water partition coefficient (Wildman–Crippen LogP) is 3.33. The lowest BCUT2D eigenvalue weighted by molar-refractivity contribution is -0.126. The van der Waals surface area contributed by atoms with Gasteiger partial charge in [0.1, 0.15) is 0 Å². The zero-order valence-corrected chi connectivity index (χ0v) is 14.3. The molecule has 1 aliphatic heterocycles. The highest BCUT2D eigenvalue weighted by Gasteiger charge is 2.23. The summed E-state index contributed by atoms with van der Waals surface area (Å²) in [5.41, 5.74) is 1.41. The Morgan fingerprint density at radius 3 is 2.73 bits per heavy atom. The third kappa shape index (κ3) is 6.80. The molecule has 3 nitrogen and oxygen atoms in total. The minimum absolute atomic E-state index is 0. The van der Waals surface area contributed by atoms with Crippen molar-refractivity contribution < 1.29 is 4.79 Å². The van der Waals surface area contributed by atoms with Crippen LogP contribution < -0.4 is 10.6 Å². The lowest BCUT2D eigenvalue weighted by atomic mass is 9.92. The second-order valence-electron chi connectivity index (χ2n) is 6.16. The van der Waals surface area contributed by atoms with Gasteiger partial charge >= 0.3 is 0 Å². The summed E-state index contributed by atoms with van der Waals surface area (Å²) >= 11 is 0. The third-order valence-corrected chi connectivity index (χ3v) is 4.28. The normalized spacial score (nSPS) is 21.0. The van der Waals surface area contributed by atoms with Gasteiger partial charge in [-0.3, -0.25) is 4.79 Å². The summed E-state index contributed by atoms with van der Waals surface area (Å²) in [4.78, 5) is 12.1. The number of rotatable bonds is 7. The number of hydrogen-bond acceptors (Lipinski definition) is 2. The van der Waals surface area contributed by atoms with Crippen molar-refractivity contribution >= 4 is 18.3 Å². The van der Waals surface area contributed by atoms with Gasteiger partial charge in [0, 0.05) is 18.5 Å². The minimum atomic E-state index is 0. The summed E-state index contributed by atoms with van der Waals surface area (Å²) in [7, 11) is 0. The van der Waals surface area contributed by atoms with Gasteiger partial charge in [-0.1, -0.05) is 36.8 Å². The highest BCUT2D eigenvalue weighted by atomic mass is 35.5. The van der Waals surface area contributed by atoms with Gasteiger partial charge in [-0.25, -0.2) is 0 Å². The summed E-state index contributed by atoms with van der Waals surface area (Å²) in [6, 6.07) is 11.1. The van der Waals surface area contributed by atoms with Crippen molar-refractivity contribution in [2.75, 3.05) is 13.1 Å². The zero-order valence-electron chi connectivity index (χ0n) is 13.5. The van der Waals surface area contributed by atoms with Gasteiger partial charge in [-0.2, -0.15) is 0 Å². The predicted molar refractivity (Wildman–Crippen MR) is 94.4 cm³/mol. The first kappa shape index (κ1) is 19.0. The fraction of sp³-hybridized carbons (Fsp3) is 0.611. The fourth-order valence-electron chi connectivity index (χ4n) is 3.00. The van der Waals surface area contributed by atoms with Crippen LogP contribution in [0.5, 0.6) is 0 Å². The van der Waals surface area contributed by atoms with Gasteiger partial charge in [0.2, 0.25) is 5.91 Å². The third-order valence-electron chi connectivity index (χ3n) is 4.28. The van der Waals surface area contributed by atoms with E-state index < -0.39 is 0 Å². The molecule has 0 saturated carbocycles. The number of amides is 1. The van der Waals surface area contributed by atoms with E-state index in [4.69, 9.17) is 0 Å². The fourth-order valence-corrected chi connectivity index (χ4v) is 3.00. The molecule has 1 saturated heterocycles. The molecule has 1 amide bonds. The maximum atomic E-state index is 12.1. The largest absolute Gasteiger partial charge is 0.356 e. The van der Waals surface area contributed by atoms with Crippen molar-refractivity contribution in [2.45, 2.75) is 51.5 Å². The van der Waals surface area contributed by atoms with Crippen LogP contribution in [0.15, 0.2) is 30.3 Å². The molecule has 0 aromatic heterocycles. The Hall–Kier alpha value is -1.06. The molecular weight excluding hydrogens is 296 g/mol. The van der Waals surface area contributed by atoms with Gasteiger partial charge < -0.3 is 10.6 Å². The van der Waals surface area contributed by atoms with Crippen LogP contribution in [0.3, 0.4) is 0 Å². The smallest absolute Gasteiger partial charge is 0.223 e. The van der Waals surface area contributed by atoms with Crippen molar-refractivity contribution in [1.29, 1.82) is 0 Å². The molecule has 0 unspecified atom stereocenters. The van der Waals surface area contributed by atoms with Crippen LogP contribution >= 0.6 is 12.4 Å². The average Bonchev–Trinajstić information content (AvgIpc) is 2.51. The summed E-state index contributed by atoms with van der Waals surface area (Å²) in [5, 5.41) is 6.49. The highest BCUT2D eigenvalue weighted by Crippen LogP contribution is 2.16. The van der Waals surface area contributed by atoms with Crippen molar-refractivity contribution in [1.82, 2.24) is 10.6 Å². The molecule has 4 heteroatoms. The molecule has 22 heavy (non-hydrogen) atoms. The number of halogens is 1. The van der Waals surface area contributed by atoms with E-state index in [1.807, 2.05) is 0 Å². The van der Waals surface area contributed by atoms with Crippen molar-refractivity contribution in [3.8, 4) is 0 Å². The Labute approximate surface area is 140 Å². The van der Waals surface area contributed by atoms with Crippen LogP contribution in [-0.2, 0) is 11.2 Å². The quantitative estimate of drug-likeness (QED) is 0.755. The average molecular weight is 325 g/mol. The molecule has 0 radical (unpaired) electrons. The molecule has 2 rings (SSSR count). The molecule has 124 valence electrons. The van der Waals surface area contributed by atoms with Crippen molar-refractivity contribution in [3.63, 3.8) is 0 Å². The highest BCUT2D eigenvalue weighted by molar-refractivity contribution is 5.85. The number of piperidine rings is 1. The Bertz CT molecular complexity index is 424. The first-order valence-electron chi connectivity index (χ1n) is 8.30. The van der Waals surface area contributed by atoms with Gasteiger partial charge in [0.05, 0.1) is 0 Å². The Morgan fingerprint density at radius 2 is 2.00 bits per heavy atom. The minimum Gasteiger partial charge on any atom is -0.356 e. The summed E-state index contributed by atoms with van der Waals surface area (Å²) < 4.78 is 0. The van der Waals surface area contributed by atoms with Crippen LogP contribution in [0.25, 0.3) is 0 Å². The van der Waals surface area contributed by atoms with Crippen LogP contribution in [0, 0.1) is 5.92 Å². The van der Waals surface area contributed by atoms with Crippen LogP contribution in [0.1, 0.15) is 44.6 Å². The monoisotopic (exact) mass is 324 g/mol. The maximum absolute atomic E-state index is 12.1. The molecule has 1 aliphatic rings. The van der Waals surface area contributed by atoms with E-state index in [2.05, 4.69) is 47.9 Å². The van der Waals surface area contributed by atoms with E-state index in [1.165, 1.54) is 18.4 Å². The molecular formula is C18H29ClN2O. The van der Waals surface area contributed by atoms with Crippen LogP contribution in [0.4, 0.5) is 0 Å². The molecule has 1 aromatic carbocycles. The van der Waals surface area contributed by atoms with E-state index in [0.717, 1.165) is 38.8 Å². The van der Waals surface area contributed by atoms with Crippen molar-refractivity contribution in [2.24, 2.45) is 5.92 Å². The van der Waals surface area contributed by atoms with Crippen LogP contribution in [-0.4, -0.2) is 25.0 Å². The van der Waals surface area contributed by atoms with Gasteiger partial charge in [-0.15, -0.1) is 12.4 Å². The number of aryl methyl sites for hydroxylation is 1. The number of hydrogen-bond donors (Lipinski definition) is 2. The molecule has 2 N–H and O–H groups in total. The number of carbonyl (C=O) groups is 1. The van der Waals surface area contributed by atoms with E-state index in [9.17, 15) is 4.79 Å². The SMILES string of the molecule is C[C@H]1C[C@@H](C(=O)NCCCCCc2ccccc2)CCN1.Cl. The molecule has 1 heterocycles. The topological polar surface area (TPSA) is 41.1 Å². The molecule has 1 aromatic rings. The van der Waals surface area contributed by atoms with E-state index in [1.54, 1.807) is 0 Å². The second kappa shape index (κ2) is 10.6.